The highest BCUT2D eigenvalue weighted by Gasteiger charge is 2.05. The minimum atomic E-state index is -0.496. The normalized spacial score (nSPS) is 10.4. The van der Waals surface area contributed by atoms with E-state index in [-0.39, 0.29) is 11.3 Å². The number of rotatable bonds is 4. The molecule has 0 atom stereocenters. The highest BCUT2D eigenvalue weighted by molar-refractivity contribution is 5.87. The lowest BCUT2D eigenvalue weighted by Gasteiger charge is -2.03. The predicted molar refractivity (Wildman–Crippen MR) is 58.6 cm³/mol. The first kappa shape index (κ1) is 12.2. The maximum Gasteiger partial charge on any atom is 0.330 e. The molecule has 0 radical (unpaired) electrons. The summed E-state index contributed by atoms with van der Waals surface area (Å²) < 4.78 is 23.1. The Morgan fingerprint density at radius 3 is 2.88 bits per heavy atom. The Hall–Kier alpha value is -1.84. The molecule has 0 saturated carbocycles. The Labute approximate surface area is 93.5 Å². The lowest BCUT2D eigenvalue weighted by Crippen LogP contribution is -1.99. The summed E-state index contributed by atoms with van der Waals surface area (Å²) in [6.07, 6.45) is 2.54. The van der Waals surface area contributed by atoms with Gasteiger partial charge in [-0.2, -0.15) is 0 Å². The molecular formula is C12H13FO3. The summed E-state index contributed by atoms with van der Waals surface area (Å²) >= 11 is 0. The van der Waals surface area contributed by atoms with Gasteiger partial charge in [0.1, 0.15) is 0 Å². The van der Waals surface area contributed by atoms with E-state index in [0.29, 0.717) is 6.61 Å². The summed E-state index contributed by atoms with van der Waals surface area (Å²) in [5, 5.41) is 0. The monoisotopic (exact) mass is 224 g/mol. The second-order valence-corrected chi connectivity index (χ2v) is 2.95. The number of ether oxygens (including phenoxy) is 2. The van der Waals surface area contributed by atoms with Gasteiger partial charge < -0.3 is 9.47 Å². The molecule has 3 nitrogen and oxygen atoms in total. The van der Waals surface area contributed by atoms with Gasteiger partial charge in [0.15, 0.2) is 11.6 Å². The number of halogens is 1. The van der Waals surface area contributed by atoms with Gasteiger partial charge in [0.05, 0.1) is 13.7 Å². The second kappa shape index (κ2) is 5.90. The summed E-state index contributed by atoms with van der Waals surface area (Å²) in [5.74, 6) is -0.846. The van der Waals surface area contributed by atoms with E-state index in [1.54, 1.807) is 19.1 Å². The fourth-order valence-electron chi connectivity index (χ4n) is 1.16. The van der Waals surface area contributed by atoms with Gasteiger partial charge in [-0.25, -0.2) is 9.18 Å². The molecular weight excluding hydrogens is 211 g/mol. The van der Waals surface area contributed by atoms with E-state index in [9.17, 15) is 9.18 Å². The third-order valence-electron chi connectivity index (χ3n) is 1.90. The predicted octanol–water partition coefficient (Wildman–Crippen LogP) is 2.41. The summed E-state index contributed by atoms with van der Waals surface area (Å²) in [7, 11) is 1.39. The Kier molecular flexibility index (Phi) is 4.51. The van der Waals surface area contributed by atoms with E-state index in [1.165, 1.54) is 25.3 Å². The Morgan fingerprint density at radius 1 is 1.50 bits per heavy atom. The van der Waals surface area contributed by atoms with E-state index in [0.717, 1.165) is 0 Å². The fourth-order valence-corrected chi connectivity index (χ4v) is 1.16. The van der Waals surface area contributed by atoms with Crippen LogP contribution in [0.1, 0.15) is 12.5 Å². The van der Waals surface area contributed by atoms with Gasteiger partial charge in [-0.05, 0) is 19.1 Å². The van der Waals surface area contributed by atoms with Crippen LogP contribution in [0, 0.1) is 5.82 Å². The van der Waals surface area contributed by atoms with Crippen molar-refractivity contribution in [1.29, 1.82) is 0 Å². The van der Waals surface area contributed by atoms with Gasteiger partial charge in [-0.15, -0.1) is 0 Å². The summed E-state index contributed by atoms with van der Waals surface area (Å²) in [6.45, 7) is 2.00. The van der Waals surface area contributed by atoms with E-state index < -0.39 is 11.8 Å². The second-order valence-electron chi connectivity index (χ2n) is 2.95. The maximum atomic E-state index is 13.6. The standard InChI is InChI=1S/C12H13FO3/c1-3-16-11(14)8-7-9-5-4-6-10(15-2)12(9)13/h4-8H,3H2,1-2H3. The molecule has 0 aliphatic heterocycles. The van der Waals surface area contributed by atoms with Crippen molar-refractivity contribution in [2.24, 2.45) is 0 Å². The number of benzene rings is 1. The number of carbonyl (C=O) groups excluding carboxylic acids is 1. The minimum absolute atomic E-state index is 0.144. The molecule has 86 valence electrons. The van der Waals surface area contributed by atoms with Crippen molar-refractivity contribution in [2.45, 2.75) is 6.92 Å². The molecule has 0 spiro atoms. The van der Waals surface area contributed by atoms with Crippen LogP contribution < -0.4 is 4.74 Å². The van der Waals surface area contributed by atoms with Gasteiger partial charge in [-0.1, -0.05) is 12.1 Å². The van der Waals surface area contributed by atoms with E-state index >= 15 is 0 Å². The highest BCUT2D eigenvalue weighted by Crippen LogP contribution is 2.20. The number of hydrogen-bond acceptors (Lipinski definition) is 3. The zero-order valence-corrected chi connectivity index (χ0v) is 9.20. The molecule has 0 heterocycles. The molecule has 0 amide bonds. The lowest BCUT2D eigenvalue weighted by atomic mass is 10.2. The topological polar surface area (TPSA) is 35.5 Å². The highest BCUT2D eigenvalue weighted by atomic mass is 19.1. The summed E-state index contributed by atoms with van der Waals surface area (Å²) in [5.41, 5.74) is 0.285. The Morgan fingerprint density at radius 2 is 2.25 bits per heavy atom. The zero-order valence-electron chi connectivity index (χ0n) is 9.20. The van der Waals surface area contributed by atoms with Gasteiger partial charge in [-0.3, -0.25) is 0 Å². The van der Waals surface area contributed by atoms with Crippen molar-refractivity contribution in [3.05, 3.63) is 35.7 Å². The first-order valence-electron chi connectivity index (χ1n) is 4.86. The SMILES string of the molecule is CCOC(=O)C=Cc1cccc(OC)c1F. The smallest absolute Gasteiger partial charge is 0.330 e. The summed E-state index contributed by atoms with van der Waals surface area (Å²) in [4.78, 5) is 11.0. The summed E-state index contributed by atoms with van der Waals surface area (Å²) in [6, 6.07) is 4.71. The van der Waals surface area contributed by atoms with E-state index in [4.69, 9.17) is 4.74 Å². The minimum Gasteiger partial charge on any atom is -0.494 e. The van der Waals surface area contributed by atoms with Crippen molar-refractivity contribution in [1.82, 2.24) is 0 Å². The Bertz CT molecular complexity index is 399. The van der Waals surface area contributed by atoms with Crippen LogP contribution >= 0.6 is 0 Å². The molecule has 1 aromatic carbocycles. The van der Waals surface area contributed by atoms with E-state index in [2.05, 4.69) is 4.74 Å². The number of carbonyl (C=O) groups is 1. The maximum absolute atomic E-state index is 13.6. The molecule has 16 heavy (non-hydrogen) atoms. The molecule has 1 aromatic rings. The third-order valence-corrected chi connectivity index (χ3v) is 1.90. The van der Waals surface area contributed by atoms with Gasteiger partial charge >= 0.3 is 5.97 Å². The Balaban J connectivity index is 2.85. The van der Waals surface area contributed by atoms with Crippen molar-refractivity contribution in [2.75, 3.05) is 13.7 Å². The van der Waals surface area contributed by atoms with Crippen LogP contribution in [0.15, 0.2) is 24.3 Å². The van der Waals surface area contributed by atoms with Crippen LogP contribution in [0.25, 0.3) is 6.08 Å². The molecule has 0 unspecified atom stereocenters. The van der Waals surface area contributed by atoms with Crippen LogP contribution in [0.2, 0.25) is 0 Å². The first-order valence-corrected chi connectivity index (χ1v) is 4.86. The van der Waals surface area contributed by atoms with Gasteiger partial charge in [0.25, 0.3) is 0 Å². The quantitative estimate of drug-likeness (QED) is 0.582. The van der Waals surface area contributed by atoms with Crippen molar-refractivity contribution >= 4 is 12.0 Å². The first-order chi connectivity index (χ1) is 7.69. The molecule has 0 aromatic heterocycles. The molecule has 0 aliphatic rings. The third kappa shape index (κ3) is 3.08. The van der Waals surface area contributed by atoms with Crippen LogP contribution in [0.4, 0.5) is 4.39 Å². The van der Waals surface area contributed by atoms with Crippen LogP contribution in [-0.2, 0) is 9.53 Å². The lowest BCUT2D eigenvalue weighted by molar-refractivity contribution is -0.137. The van der Waals surface area contributed by atoms with Crippen molar-refractivity contribution in [3.8, 4) is 5.75 Å². The number of esters is 1. The average molecular weight is 224 g/mol. The van der Waals surface area contributed by atoms with Crippen LogP contribution in [-0.4, -0.2) is 19.7 Å². The van der Waals surface area contributed by atoms with E-state index in [1.807, 2.05) is 0 Å². The largest absolute Gasteiger partial charge is 0.494 e. The number of hydrogen-bond donors (Lipinski definition) is 0. The molecule has 0 saturated heterocycles. The molecule has 0 N–H and O–H groups in total. The average Bonchev–Trinajstić information content (AvgIpc) is 2.28. The molecule has 1 rings (SSSR count). The zero-order chi connectivity index (χ0) is 12.0. The molecule has 0 bridgehead atoms. The van der Waals surface area contributed by atoms with Gasteiger partial charge in [0, 0.05) is 11.6 Å². The van der Waals surface area contributed by atoms with Crippen LogP contribution in [0.3, 0.4) is 0 Å². The van der Waals surface area contributed by atoms with Crippen LogP contribution in [0.5, 0.6) is 5.75 Å². The number of methoxy groups -OCH3 is 1. The molecule has 4 heteroatoms. The van der Waals surface area contributed by atoms with Crippen molar-refractivity contribution < 1.29 is 18.7 Å². The fraction of sp³-hybridized carbons (Fsp3) is 0.250. The molecule has 0 aliphatic carbocycles. The van der Waals surface area contributed by atoms with Crippen molar-refractivity contribution in [3.63, 3.8) is 0 Å². The molecule has 0 fully saturated rings. The van der Waals surface area contributed by atoms with Gasteiger partial charge in [0.2, 0.25) is 0 Å².